The minimum absolute atomic E-state index is 0.0623. The minimum atomic E-state index is -0.972. The van der Waals surface area contributed by atoms with Gasteiger partial charge in [0.05, 0.1) is 6.42 Å². The number of hydrogen-bond donors (Lipinski definition) is 2. The highest BCUT2D eigenvalue weighted by Crippen LogP contribution is 2.20. The van der Waals surface area contributed by atoms with Crippen molar-refractivity contribution in [3.05, 3.63) is 0 Å². The van der Waals surface area contributed by atoms with Crippen molar-refractivity contribution in [2.24, 2.45) is 0 Å². The Bertz CT molecular complexity index is 389. The largest absolute Gasteiger partial charge is 0.481 e. The number of aliphatic carboxylic acids is 1. The zero-order valence-electron chi connectivity index (χ0n) is 12.1. The molecule has 1 aliphatic rings. The van der Waals surface area contributed by atoms with Crippen LogP contribution in [0.2, 0.25) is 0 Å². The third kappa shape index (κ3) is 5.07. The normalized spacial score (nSPS) is 18.8. The Labute approximate surface area is 118 Å². The van der Waals surface area contributed by atoms with E-state index in [-0.39, 0.29) is 18.9 Å². The molecule has 1 rings (SSSR count). The van der Waals surface area contributed by atoms with Gasteiger partial charge in [-0.3, -0.25) is 14.5 Å². The van der Waals surface area contributed by atoms with E-state index in [1.54, 1.807) is 20.8 Å². The highest BCUT2D eigenvalue weighted by Gasteiger charge is 2.36. The Morgan fingerprint density at radius 1 is 1.35 bits per heavy atom. The van der Waals surface area contributed by atoms with Gasteiger partial charge >= 0.3 is 12.1 Å². The van der Waals surface area contributed by atoms with Crippen molar-refractivity contribution >= 4 is 18.0 Å². The third-order valence-corrected chi connectivity index (χ3v) is 2.82. The molecular formula is C13H22N2O5. The maximum absolute atomic E-state index is 12.0. The van der Waals surface area contributed by atoms with E-state index in [1.165, 1.54) is 4.90 Å². The van der Waals surface area contributed by atoms with E-state index < -0.39 is 23.7 Å². The third-order valence-electron chi connectivity index (χ3n) is 2.82. The van der Waals surface area contributed by atoms with Gasteiger partial charge in [-0.15, -0.1) is 0 Å². The maximum atomic E-state index is 12.0. The molecule has 2 N–H and O–H groups in total. The Balaban J connectivity index is 2.53. The van der Waals surface area contributed by atoms with E-state index in [4.69, 9.17) is 9.84 Å². The standard InChI is InChI=1S/C13H22N2O5/c1-13(2,3)20-12(19)15-8-4-5-9(15)11(18)14-7-6-10(16)17/h9H,4-8H2,1-3H3,(H,14,18)(H,16,17). The van der Waals surface area contributed by atoms with Gasteiger partial charge in [0.2, 0.25) is 5.91 Å². The molecule has 20 heavy (non-hydrogen) atoms. The summed E-state index contributed by atoms with van der Waals surface area (Å²) in [6.07, 6.45) is 0.660. The number of nitrogens with zero attached hydrogens (tertiary/aromatic N) is 1. The average Bonchev–Trinajstić information content (AvgIpc) is 2.74. The van der Waals surface area contributed by atoms with Crippen LogP contribution >= 0.6 is 0 Å². The van der Waals surface area contributed by atoms with Crippen molar-refractivity contribution in [2.45, 2.75) is 51.7 Å². The Hall–Kier alpha value is -1.79. The summed E-state index contributed by atoms with van der Waals surface area (Å²) < 4.78 is 5.26. The molecule has 0 aromatic heterocycles. The number of carboxylic acid groups (broad SMARTS) is 1. The van der Waals surface area contributed by atoms with Gasteiger partial charge in [-0.05, 0) is 33.6 Å². The van der Waals surface area contributed by atoms with Crippen molar-refractivity contribution in [1.82, 2.24) is 10.2 Å². The van der Waals surface area contributed by atoms with Crippen LogP contribution in [0, 0.1) is 0 Å². The molecule has 1 atom stereocenters. The Morgan fingerprint density at radius 3 is 2.55 bits per heavy atom. The van der Waals surface area contributed by atoms with Crippen molar-refractivity contribution < 1.29 is 24.2 Å². The minimum Gasteiger partial charge on any atom is -0.481 e. The van der Waals surface area contributed by atoms with Crippen LogP contribution in [0.25, 0.3) is 0 Å². The SMILES string of the molecule is CC(C)(C)OC(=O)N1CCCC1C(=O)NCCC(=O)O. The zero-order valence-corrected chi connectivity index (χ0v) is 12.1. The van der Waals surface area contributed by atoms with Gasteiger partial charge in [-0.1, -0.05) is 0 Å². The number of ether oxygens (including phenoxy) is 1. The molecule has 0 aromatic rings. The van der Waals surface area contributed by atoms with E-state index >= 15 is 0 Å². The molecule has 7 nitrogen and oxygen atoms in total. The molecule has 2 amide bonds. The first-order valence-electron chi connectivity index (χ1n) is 6.70. The van der Waals surface area contributed by atoms with Gasteiger partial charge in [0.25, 0.3) is 0 Å². The van der Waals surface area contributed by atoms with Crippen LogP contribution in [0.3, 0.4) is 0 Å². The molecule has 0 radical (unpaired) electrons. The maximum Gasteiger partial charge on any atom is 0.410 e. The summed E-state index contributed by atoms with van der Waals surface area (Å²) in [4.78, 5) is 35.7. The molecule has 1 aliphatic heterocycles. The first-order chi connectivity index (χ1) is 9.20. The number of carbonyl (C=O) groups is 3. The zero-order chi connectivity index (χ0) is 15.3. The number of nitrogens with one attached hydrogen (secondary N) is 1. The molecule has 1 heterocycles. The molecule has 0 bridgehead atoms. The summed E-state index contributed by atoms with van der Waals surface area (Å²) in [5.74, 6) is -1.30. The lowest BCUT2D eigenvalue weighted by Gasteiger charge is -2.28. The topological polar surface area (TPSA) is 95.9 Å². The summed E-state index contributed by atoms with van der Waals surface area (Å²) in [6, 6.07) is -0.571. The van der Waals surface area contributed by atoms with E-state index in [1.807, 2.05) is 0 Å². The highest BCUT2D eigenvalue weighted by molar-refractivity contribution is 5.86. The fourth-order valence-corrected chi connectivity index (χ4v) is 1.99. The first-order valence-corrected chi connectivity index (χ1v) is 6.70. The smallest absolute Gasteiger partial charge is 0.410 e. The van der Waals surface area contributed by atoms with Crippen LogP contribution in [-0.4, -0.2) is 52.7 Å². The summed E-state index contributed by atoms with van der Waals surface area (Å²) in [5.41, 5.74) is -0.607. The van der Waals surface area contributed by atoms with Crippen molar-refractivity contribution in [2.75, 3.05) is 13.1 Å². The molecule has 7 heteroatoms. The summed E-state index contributed by atoms with van der Waals surface area (Å²) >= 11 is 0. The quantitative estimate of drug-likeness (QED) is 0.803. The van der Waals surface area contributed by atoms with E-state index in [9.17, 15) is 14.4 Å². The van der Waals surface area contributed by atoms with Gasteiger partial charge in [-0.2, -0.15) is 0 Å². The molecule has 114 valence electrons. The second kappa shape index (κ2) is 6.58. The fraction of sp³-hybridized carbons (Fsp3) is 0.769. The lowest BCUT2D eigenvalue weighted by molar-refractivity contribution is -0.137. The monoisotopic (exact) mass is 286 g/mol. The number of amides is 2. The highest BCUT2D eigenvalue weighted by atomic mass is 16.6. The predicted molar refractivity (Wildman–Crippen MR) is 71.2 cm³/mol. The summed E-state index contributed by atoms with van der Waals surface area (Å²) in [5, 5.41) is 11.1. The molecule has 0 saturated carbocycles. The fourth-order valence-electron chi connectivity index (χ4n) is 1.99. The van der Waals surface area contributed by atoms with Gasteiger partial charge in [0.15, 0.2) is 0 Å². The number of carbonyl (C=O) groups excluding carboxylic acids is 2. The van der Waals surface area contributed by atoms with Crippen molar-refractivity contribution in [3.8, 4) is 0 Å². The second-order valence-electron chi connectivity index (χ2n) is 5.77. The number of hydrogen-bond acceptors (Lipinski definition) is 4. The lowest BCUT2D eigenvalue weighted by Crippen LogP contribution is -2.47. The summed E-state index contributed by atoms with van der Waals surface area (Å²) in [6.45, 7) is 5.84. The van der Waals surface area contributed by atoms with Gasteiger partial charge in [0.1, 0.15) is 11.6 Å². The van der Waals surface area contributed by atoms with Crippen LogP contribution in [0.15, 0.2) is 0 Å². The second-order valence-corrected chi connectivity index (χ2v) is 5.77. The molecule has 1 unspecified atom stereocenters. The molecule has 0 aliphatic carbocycles. The van der Waals surface area contributed by atoms with Crippen LogP contribution < -0.4 is 5.32 Å². The van der Waals surface area contributed by atoms with E-state index in [0.717, 1.165) is 6.42 Å². The molecular weight excluding hydrogens is 264 g/mol. The van der Waals surface area contributed by atoms with Crippen LogP contribution in [-0.2, 0) is 14.3 Å². The molecule has 0 aromatic carbocycles. The van der Waals surface area contributed by atoms with E-state index in [0.29, 0.717) is 13.0 Å². The van der Waals surface area contributed by atoms with Crippen molar-refractivity contribution in [3.63, 3.8) is 0 Å². The van der Waals surface area contributed by atoms with Crippen LogP contribution in [0.5, 0.6) is 0 Å². The number of rotatable bonds is 4. The van der Waals surface area contributed by atoms with Gasteiger partial charge < -0.3 is 15.2 Å². The predicted octanol–water partition coefficient (Wildman–Crippen LogP) is 0.977. The van der Waals surface area contributed by atoms with Crippen LogP contribution in [0.1, 0.15) is 40.0 Å². The van der Waals surface area contributed by atoms with Gasteiger partial charge in [-0.25, -0.2) is 4.79 Å². The summed E-state index contributed by atoms with van der Waals surface area (Å²) in [7, 11) is 0. The van der Waals surface area contributed by atoms with Gasteiger partial charge in [0, 0.05) is 13.1 Å². The number of likely N-dealkylation sites (tertiary alicyclic amines) is 1. The molecule has 1 saturated heterocycles. The Morgan fingerprint density at radius 2 is 2.00 bits per heavy atom. The number of carboxylic acids is 1. The van der Waals surface area contributed by atoms with E-state index in [2.05, 4.69) is 5.32 Å². The molecule has 1 fully saturated rings. The Kier molecular flexibility index (Phi) is 5.35. The van der Waals surface area contributed by atoms with Crippen molar-refractivity contribution in [1.29, 1.82) is 0 Å². The molecule has 0 spiro atoms. The lowest BCUT2D eigenvalue weighted by atomic mass is 10.2. The average molecular weight is 286 g/mol. The first kappa shape index (κ1) is 16.3. The van der Waals surface area contributed by atoms with Crippen LogP contribution in [0.4, 0.5) is 4.79 Å².